The molecule has 0 radical (unpaired) electrons. The fourth-order valence-electron chi connectivity index (χ4n) is 7.33. The van der Waals surface area contributed by atoms with E-state index in [-0.39, 0.29) is 23.7 Å². The maximum Gasteiger partial charge on any atom is 0.226 e. The molecule has 1 aliphatic carbocycles. The maximum absolute atomic E-state index is 13.7. The fraction of sp³-hybridized carbons (Fsp3) is 0.950. The van der Waals surface area contributed by atoms with E-state index in [2.05, 4.69) is 18.7 Å². The highest BCUT2D eigenvalue weighted by Crippen LogP contribution is 2.31. The van der Waals surface area contributed by atoms with Crippen molar-refractivity contribution >= 4 is 11.8 Å². The highest BCUT2D eigenvalue weighted by Gasteiger charge is 2.36. The van der Waals surface area contributed by atoms with E-state index in [1.807, 2.05) is 0 Å². The number of nitrogens with zero attached hydrogens (tertiary/aromatic N) is 1. The first-order valence-corrected chi connectivity index (χ1v) is 20.2. The minimum absolute atomic E-state index is 0.181. The Labute approximate surface area is 275 Å². The van der Waals surface area contributed by atoms with Gasteiger partial charge in [-0.1, -0.05) is 194 Å². The van der Waals surface area contributed by atoms with Crippen molar-refractivity contribution in [2.75, 3.05) is 13.1 Å². The second kappa shape index (κ2) is 30.6. The van der Waals surface area contributed by atoms with Crippen LogP contribution in [-0.4, -0.2) is 29.8 Å². The van der Waals surface area contributed by atoms with Gasteiger partial charge >= 0.3 is 0 Å². The Hall–Kier alpha value is -1.06. The van der Waals surface area contributed by atoms with Crippen LogP contribution in [0.15, 0.2) is 0 Å². The van der Waals surface area contributed by atoms with Crippen molar-refractivity contribution in [2.24, 2.45) is 17.6 Å². The number of carbonyl (C=O) groups is 2. The number of rotatable bonds is 32. The smallest absolute Gasteiger partial charge is 0.226 e. The van der Waals surface area contributed by atoms with E-state index < -0.39 is 0 Å². The summed E-state index contributed by atoms with van der Waals surface area (Å²) in [4.78, 5) is 27.9. The molecule has 2 N–H and O–H groups in total. The zero-order valence-electron chi connectivity index (χ0n) is 30.0. The van der Waals surface area contributed by atoms with Gasteiger partial charge in [-0.25, -0.2) is 0 Å². The molecule has 1 aliphatic rings. The van der Waals surface area contributed by atoms with Crippen LogP contribution in [0.1, 0.15) is 219 Å². The van der Waals surface area contributed by atoms with E-state index in [1.165, 1.54) is 167 Å². The molecule has 0 aliphatic heterocycles. The van der Waals surface area contributed by atoms with Gasteiger partial charge in [0.1, 0.15) is 0 Å². The van der Waals surface area contributed by atoms with Crippen LogP contribution in [0.3, 0.4) is 0 Å². The van der Waals surface area contributed by atoms with Gasteiger partial charge in [0.05, 0.1) is 0 Å². The summed E-state index contributed by atoms with van der Waals surface area (Å²) >= 11 is 0. The third-order valence-electron chi connectivity index (χ3n) is 10.3. The second-order valence-corrected chi connectivity index (χ2v) is 14.4. The first-order chi connectivity index (χ1) is 21.6. The molecule has 1 saturated carbocycles. The second-order valence-electron chi connectivity index (χ2n) is 14.4. The lowest BCUT2D eigenvalue weighted by Gasteiger charge is -2.33. The van der Waals surface area contributed by atoms with E-state index in [0.717, 1.165) is 51.6 Å². The van der Waals surface area contributed by atoms with E-state index >= 15 is 0 Å². The first kappa shape index (κ1) is 41.0. The monoisotopic (exact) mass is 619 g/mol. The number of hydrogen-bond acceptors (Lipinski definition) is 2. The number of hydrogen-bond donors (Lipinski definition) is 1. The van der Waals surface area contributed by atoms with Gasteiger partial charge in [-0.3, -0.25) is 9.59 Å². The van der Waals surface area contributed by atoms with Crippen molar-refractivity contribution in [3.63, 3.8) is 0 Å². The largest absolute Gasteiger partial charge is 0.369 e. The predicted molar refractivity (Wildman–Crippen MR) is 192 cm³/mol. The van der Waals surface area contributed by atoms with Gasteiger partial charge in [0.25, 0.3) is 0 Å². The van der Waals surface area contributed by atoms with Crippen LogP contribution in [0.2, 0.25) is 0 Å². The number of amides is 2. The third-order valence-corrected chi connectivity index (χ3v) is 10.3. The van der Waals surface area contributed by atoms with Crippen molar-refractivity contribution < 1.29 is 9.59 Å². The third kappa shape index (κ3) is 22.4. The Morgan fingerprint density at radius 1 is 0.455 bits per heavy atom. The molecule has 4 heteroatoms. The topological polar surface area (TPSA) is 63.4 Å². The number of primary amides is 1. The molecule has 0 aromatic heterocycles. The molecule has 4 nitrogen and oxygen atoms in total. The maximum atomic E-state index is 13.7. The SMILES string of the molecule is CCCCCCCCCCCCCCCCN(CCCCCCCCCCCCCCCC)C(=O)[C@@H]1CCCC[C@@H]1C(N)=O. The molecule has 1 rings (SSSR count). The molecule has 0 saturated heterocycles. The zero-order chi connectivity index (χ0) is 31.9. The summed E-state index contributed by atoms with van der Waals surface area (Å²) in [6.45, 7) is 6.29. The molecule has 0 bridgehead atoms. The van der Waals surface area contributed by atoms with Crippen LogP contribution >= 0.6 is 0 Å². The lowest BCUT2D eigenvalue weighted by Crippen LogP contribution is -2.44. The standard InChI is InChI=1S/C40H78N2O2/c1-3-5-7-9-11-13-15-17-19-21-23-25-27-31-35-42(40(44)38-34-30-29-33-37(38)39(41)43)36-32-28-26-24-22-20-18-16-14-12-10-8-6-4-2/h37-38H,3-36H2,1-2H3,(H2,41,43)/t37-,38+/m0/s1. The van der Waals surface area contributed by atoms with Crippen LogP contribution in [-0.2, 0) is 9.59 Å². The summed E-state index contributed by atoms with van der Waals surface area (Å²) in [6, 6.07) is 0. The fourth-order valence-corrected chi connectivity index (χ4v) is 7.33. The summed E-state index contributed by atoms with van der Waals surface area (Å²) in [6.07, 6.45) is 41.5. The van der Waals surface area contributed by atoms with Crippen LogP contribution < -0.4 is 5.73 Å². The van der Waals surface area contributed by atoms with Gasteiger partial charge in [-0.05, 0) is 25.7 Å². The van der Waals surface area contributed by atoms with Gasteiger partial charge in [0.15, 0.2) is 0 Å². The Morgan fingerprint density at radius 3 is 1.02 bits per heavy atom. The molecular weight excluding hydrogens is 540 g/mol. The van der Waals surface area contributed by atoms with Gasteiger partial charge < -0.3 is 10.6 Å². The molecule has 0 aromatic rings. The molecule has 1 fully saturated rings. The number of nitrogens with two attached hydrogens (primary N) is 1. The average Bonchev–Trinajstić information content (AvgIpc) is 3.03. The van der Waals surface area contributed by atoms with Gasteiger partial charge in [-0.15, -0.1) is 0 Å². The Bertz CT molecular complexity index is 619. The van der Waals surface area contributed by atoms with Crippen molar-refractivity contribution in [2.45, 2.75) is 219 Å². The van der Waals surface area contributed by atoms with Crippen LogP contribution in [0.25, 0.3) is 0 Å². The van der Waals surface area contributed by atoms with Crippen LogP contribution in [0.4, 0.5) is 0 Å². The van der Waals surface area contributed by atoms with Gasteiger partial charge in [0.2, 0.25) is 11.8 Å². The number of unbranched alkanes of at least 4 members (excludes halogenated alkanes) is 26. The normalized spacial score (nSPS) is 16.8. The summed E-state index contributed by atoms with van der Waals surface area (Å²) in [7, 11) is 0. The highest BCUT2D eigenvalue weighted by atomic mass is 16.2. The summed E-state index contributed by atoms with van der Waals surface area (Å²) in [5, 5.41) is 0. The van der Waals surface area contributed by atoms with Gasteiger partial charge in [-0.2, -0.15) is 0 Å². The molecule has 2 amide bonds. The number of carbonyl (C=O) groups excluding carboxylic acids is 2. The van der Waals surface area contributed by atoms with Crippen LogP contribution in [0, 0.1) is 11.8 Å². The molecule has 0 aromatic carbocycles. The van der Waals surface area contributed by atoms with E-state index in [9.17, 15) is 9.59 Å². The molecule has 2 atom stereocenters. The van der Waals surface area contributed by atoms with E-state index in [4.69, 9.17) is 5.73 Å². The minimum atomic E-state index is -0.268. The van der Waals surface area contributed by atoms with Gasteiger partial charge in [0, 0.05) is 24.9 Å². The van der Waals surface area contributed by atoms with Crippen LogP contribution in [0.5, 0.6) is 0 Å². The van der Waals surface area contributed by atoms with E-state index in [0.29, 0.717) is 0 Å². The molecular formula is C40H78N2O2. The summed E-state index contributed by atoms with van der Waals surface area (Å²) in [5.74, 6) is -0.486. The average molecular weight is 619 g/mol. The lowest BCUT2D eigenvalue weighted by molar-refractivity contribution is -0.143. The molecule has 260 valence electrons. The lowest BCUT2D eigenvalue weighted by atomic mass is 9.78. The molecule has 0 heterocycles. The van der Waals surface area contributed by atoms with Crippen molar-refractivity contribution in [3.8, 4) is 0 Å². The summed E-state index contributed by atoms with van der Waals surface area (Å²) in [5.41, 5.74) is 5.75. The Balaban J connectivity index is 2.23. The summed E-state index contributed by atoms with van der Waals surface area (Å²) < 4.78 is 0. The predicted octanol–water partition coefficient (Wildman–Crippen LogP) is 12.1. The van der Waals surface area contributed by atoms with Crippen molar-refractivity contribution in [1.29, 1.82) is 0 Å². The quantitative estimate of drug-likeness (QED) is 0.0762. The zero-order valence-corrected chi connectivity index (χ0v) is 30.0. The van der Waals surface area contributed by atoms with Crippen molar-refractivity contribution in [3.05, 3.63) is 0 Å². The molecule has 0 spiro atoms. The first-order valence-electron chi connectivity index (χ1n) is 20.2. The minimum Gasteiger partial charge on any atom is -0.369 e. The van der Waals surface area contributed by atoms with Crippen molar-refractivity contribution in [1.82, 2.24) is 4.90 Å². The van der Waals surface area contributed by atoms with E-state index in [1.54, 1.807) is 0 Å². The molecule has 0 unspecified atom stereocenters. The molecule has 44 heavy (non-hydrogen) atoms. The Kier molecular flexibility index (Phi) is 28.5. The Morgan fingerprint density at radius 2 is 0.727 bits per heavy atom. The highest BCUT2D eigenvalue weighted by molar-refractivity contribution is 5.87.